The van der Waals surface area contributed by atoms with Crippen molar-refractivity contribution in [2.45, 2.75) is 24.3 Å². The molecule has 0 aromatic carbocycles. The second kappa shape index (κ2) is 6.03. The van der Waals surface area contributed by atoms with Gasteiger partial charge in [0.1, 0.15) is 5.69 Å². The summed E-state index contributed by atoms with van der Waals surface area (Å²) in [6, 6.07) is 2.14. The summed E-state index contributed by atoms with van der Waals surface area (Å²) in [5, 5.41) is 7.34. The summed E-state index contributed by atoms with van der Waals surface area (Å²) in [6.07, 6.45) is -3.52. The smallest absolute Gasteiger partial charge is 0.464 e. The van der Waals surface area contributed by atoms with Gasteiger partial charge in [-0.2, -0.15) is 25.9 Å². The first-order chi connectivity index (χ1) is 9.54. The molecule has 10 heteroatoms. The monoisotopic (exact) mass is 327 g/mol. The summed E-state index contributed by atoms with van der Waals surface area (Å²) in [6.45, 7) is 1.18. The second-order valence-electron chi connectivity index (χ2n) is 4.03. The maximum absolute atomic E-state index is 13.5. The van der Waals surface area contributed by atoms with Crippen molar-refractivity contribution in [3.63, 3.8) is 0 Å². The maximum atomic E-state index is 13.5. The number of hydrogen-bond acceptors (Lipinski definition) is 3. The largest absolute Gasteiger partial charge is 0.771 e. The number of pyridine rings is 1. The van der Waals surface area contributed by atoms with E-state index >= 15 is 0 Å². The van der Waals surface area contributed by atoms with Crippen LogP contribution < -0.4 is 0 Å². The van der Waals surface area contributed by atoms with E-state index in [1.807, 2.05) is 0 Å². The average Bonchev–Trinajstić information content (AvgIpc) is 2.43. The van der Waals surface area contributed by atoms with Crippen LogP contribution in [0.3, 0.4) is 0 Å². The highest BCUT2D eigenvalue weighted by Crippen LogP contribution is 2.45. The highest BCUT2D eigenvalue weighted by molar-refractivity contribution is 7.79. The molecular weight excluding hydrogens is 317 g/mol. The minimum absolute atomic E-state index is 0.528. The summed E-state index contributed by atoms with van der Waals surface area (Å²) in [4.78, 5) is 3.10. The Balaban J connectivity index is 3.46. The topological polar surface area (TPSA) is 62.8 Å². The Labute approximate surface area is 119 Å². The van der Waals surface area contributed by atoms with Gasteiger partial charge in [0.05, 0.1) is 7.05 Å². The standard InChI is InChI=1S/C11H10F5N3OS/c1-7(21(20)19(2)6-17)8-4-3-5-18-9(8)10(12,13)11(14,15)16/h3-5,7H,1-2H3. The second-order valence-corrected chi connectivity index (χ2v) is 5.84. The summed E-state index contributed by atoms with van der Waals surface area (Å²) < 4.78 is 76.8. The van der Waals surface area contributed by atoms with Crippen LogP contribution in [0, 0.1) is 11.5 Å². The van der Waals surface area contributed by atoms with E-state index in [9.17, 15) is 26.5 Å². The zero-order valence-corrected chi connectivity index (χ0v) is 11.7. The van der Waals surface area contributed by atoms with Crippen LogP contribution in [-0.2, 0) is 16.9 Å². The van der Waals surface area contributed by atoms with Crippen LogP contribution in [0.25, 0.3) is 0 Å². The fourth-order valence-corrected chi connectivity index (χ4v) is 2.49. The van der Waals surface area contributed by atoms with Gasteiger partial charge < -0.3 is 4.55 Å². The van der Waals surface area contributed by atoms with Crippen molar-refractivity contribution in [3.05, 3.63) is 29.6 Å². The van der Waals surface area contributed by atoms with E-state index in [2.05, 4.69) is 4.98 Å². The van der Waals surface area contributed by atoms with Crippen molar-refractivity contribution < 1.29 is 30.5 Å². The molecule has 1 aromatic rings. The van der Waals surface area contributed by atoms with Crippen molar-refractivity contribution in [3.8, 4) is 6.19 Å². The molecule has 2 atom stereocenters. The van der Waals surface area contributed by atoms with Crippen molar-refractivity contribution in [2.75, 3.05) is 7.05 Å². The molecule has 4 nitrogen and oxygen atoms in total. The molecule has 0 bridgehead atoms. The zero-order valence-electron chi connectivity index (χ0n) is 10.9. The first kappa shape index (κ1) is 17.5. The number of aromatic nitrogens is 1. The van der Waals surface area contributed by atoms with Gasteiger partial charge in [0, 0.05) is 11.4 Å². The van der Waals surface area contributed by atoms with Gasteiger partial charge in [0.15, 0.2) is 5.26 Å². The number of rotatable bonds is 3. The fourth-order valence-electron chi connectivity index (χ4n) is 1.53. The number of nitriles is 1. The van der Waals surface area contributed by atoms with Crippen LogP contribution >= 0.6 is 0 Å². The third-order valence-corrected chi connectivity index (χ3v) is 4.12. The molecule has 2 unspecified atom stereocenters. The van der Waals surface area contributed by atoms with Gasteiger partial charge in [0.25, 0.3) is 0 Å². The van der Waals surface area contributed by atoms with Crippen molar-refractivity contribution in [2.24, 2.45) is 0 Å². The molecule has 1 aromatic heterocycles. The van der Waals surface area contributed by atoms with E-state index in [-0.39, 0.29) is 0 Å². The quantitative estimate of drug-likeness (QED) is 0.371. The normalized spacial score (nSPS) is 16.0. The summed E-state index contributed by atoms with van der Waals surface area (Å²) in [5.41, 5.74) is -2.04. The molecular formula is C11H10F5N3OS. The minimum Gasteiger partial charge on any atom is -0.771 e. The lowest BCUT2D eigenvalue weighted by molar-refractivity contribution is -0.379. The SMILES string of the molecule is CC(c1cccnc1C(F)(F)C(F)(F)F)S([O-])=[N+](C)C#N. The Hall–Kier alpha value is -1.60. The van der Waals surface area contributed by atoms with Gasteiger partial charge in [-0.25, -0.2) is 0 Å². The molecule has 0 aliphatic rings. The molecule has 0 spiro atoms. The van der Waals surface area contributed by atoms with E-state index in [1.165, 1.54) is 13.1 Å². The van der Waals surface area contributed by atoms with Gasteiger partial charge in [-0.3, -0.25) is 4.98 Å². The van der Waals surface area contributed by atoms with Crippen molar-refractivity contribution >= 4 is 11.0 Å². The van der Waals surface area contributed by atoms with Crippen LogP contribution in [-0.4, -0.2) is 26.7 Å². The molecule has 1 heterocycles. The average molecular weight is 327 g/mol. The summed E-state index contributed by atoms with van der Waals surface area (Å²) >= 11 is 0. The Kier molecular flexibility index (Phi) is 5.01. The molecule has 0 fully saturated rings. The highest BCUT2D eigenvalue weighted by atomic mass is 32.2. The van der Waals surface area contributed by atoms with Crippen LogP contribution in [0.2, 0.25) is 0 Å². The molecule has 21 heavy (non-hydrogen) atoms. The number of halogens is 5. The molecule has 0 aliphatic heterocycles. The van der Waals surface area contributed by atoms with E-state index < -0.39 is 39.6 Å². The third kappa shape index (κ3) is 3.36. The predicted molar refractivity (Wildman–Crippen MR) is 62.5 cm³/mol. The Morgan fingerprint density at radius 1 is 1.38 bits per heavy atom. The fraction of sp³-hybridized carbons (Fsp3) is 0.455. The minimum atomic E-state index is -5.82. The first-order valence-electron chi connectivity index (χ1n) is 5.48. The zero-order chi connectivity index (χ0) is 16.4. The number of alkyl halides is 5. The molecule has 0 N–H and O–H groups in total. The van der Waals surface area contributed by atoms with Crippen LogP contribution in [0.15, 0.2) is 18.3 Å². The summed E-state index contributed by atoms with van der Waals surface area (Å²) in [5.74, 6) is -5.17. The molecule has 0 saturated carbocycles. The van der Waals surface area contributed by atoms with Crippen molar-refractivity contribution in [1.29, 1.82) is 5.26 Å². The lowest BCUT2D eigenvalue weighted by Crippen LogP contribution is -2.36. The molecule has 0 saturated heterocycles. The Morgan fingerprint density at radius 2 is 1.95 bits per heavy atom. The number of hydrogen-bond donors (Lipinski definition) is 0. The van der Waals surface area contributed by atoms with Crippen LogP contribution in [0.4, 0.5) is 22.0 Å². The van der Waals surface area contributed by atoms with E-state index in [0.717, 1.165) is 25.4 Å². The molecule has 0 radical (unpaired) electrons. The Bertz CT molecular complexity index is 609. The predicted octanol–water partition coefficient (Wildman–Crippen LogP) is 2.85. The lowest BCUT2D eigenvalue weighted by atomic mass is 10.1. The highest BCUT2D eigenvalue weighted by Gasteiger charge is 2.60. The molecule has 0 amide bonds. The summed E-state index contributed by atoms with van der Waals surface area (Å²) in [7, 11) is -0.971. The van der Waals surface area contributed by atoms with Gasteiger partial charge in [0.2, 0.25) is 0 Å². The van der Waals surface area contributed by atoms with Gasteiger partial charge in [-0.05, 0) is 18.6 Å². The van der Waals surface area contributed by atoms with Crippen LogP contribution in [0.5, 0.6) is 0 Å². The molecule has 116 valence electrons. The van der Waals surface area contributed by atoms with Crippen LogP contribution in [0.1, 0.15) is 23.4 Å². The maximum Gasteiger partial charge on any atom is 0.464 e. The van der Waals surface area contributed by atoms with E-state index in [4.69, 9.17) is 5.26 Å². The van der Waals surface area contributed by atoms with Gasteiger partial charge >= 0.3 is 18.3 Å². The van der Waals surface area contributed by atoms with Gasteiger partial charge in [-0.15, -0.1) is 0 Å². The van der Waals surface area contributed by atoms with Gasteiger partial charge in [-0.1, -0.05) is 17.0 Å². The number of nitrogens with zero attached hydrogens (tertiary/aromatic N) is 3. The third-order valence-electron chi connectivity index (χ3n) is 2.64. The van der Waals surface area contributed by atoms with E-state index in [0.29, 0.717) is 3.95 Å². The lowest BCUT2D eigenvalue weighted by Gasteiger charge is -2.26. The Morgan fingerprint density at radius 3 is 2.43 bits per heavy atom. The molecule has 1 rings (SSSR count). The molecule has 0 aliphatic carbocycles. The van der Waals surface area contributed by atoms with E-state index in [1.54, 1.807) is 0 Å². The van der Waals surface area contributed by atoms with Crippen molar-refractivity contribution in [1.82, 2.24) is 4.98 Å². The first-order valence-corrected chi connectivity index (χ1v) is 6.65.